The van der Waals surface area contributed by atoms with Gasteiger partial charge >= 0.3 is 0 Å². The molecule has 6 nitrogen and oxygen atoms in total. The lowest BCUT2D eigenvalue weighted by Gasteiger charge is -2.24. The molecule has 0 saturated carbocycles. The third kappa shape index (κ3) is 8.87. The Hall–Kier alpha value is -2.86. The molecule has 1 aromatic carbocycles. The van der Waals surface area contributed by atoms with Crippen molar-refractivity contribution in [2.24, 2.45) is 10.2 Å². The third-order valence-electron chi connectivity index (χ3n) is 3.30. The zero-order valence-electron chi connectivity index (χ0n) is 17.3. The number of anilines is 1. The quantitative estimate of drug-likeness (QED) is 0.293. The van der Waals surface area contributed by atoms with Gasteiger partial charge in [-0.2, -0.15) is 10.2 Å². The summed E-state index contributed by atoms with van der Waals surface area (Å²) in [5, 5.41) is 18.5. The van der Waals surface area contributed by atoms with Crippen molar-refractivity contribution >= 4 is 17.3 Å². The van der Waals surface area contributed by atoms with Crippen LogP contribution in [0.3, 0.4) is 0 Å². The van der Waals surface area contributed by atoms with Crippen molar-refractivity contribution in [2.45, 2.75) is 26.8 Å². The van der Waals surface area contributed by atoms with Crippen LogP contribution < -0.4 is 5.32 Å². The van der Waals surface area contributed by atoms with Crippen LogP contribution >= 0.6 is 0 Å². The van der Waals surface area contributed by atoms with Crippen LogP contribution in [0.5, 0.6) is 0 Å². The molecule has 1 unspecified atom stereocenters. The van der Waals surface area contributed by atoms with Gasteiger partial charge in [-0.05, 0) is 25.1 Å². The Morgan fingerprint density at radius 1 is 1.22 bits per heavy atom. The molecule has 0 fully saturated rings. The number of para-hydroxylation sites is 1. The summed E-state index contributed by atoms with van der Waals surface area (Å²) in [5.74, 6) is -0.408. The molecule has 0 aromatic heterocycles. The molecule has 0 aliphatic rings. The lowest BCUT2D eigenvalue weighted by atomic mass is 10.2. The van der Waals surface area contributed by atoms with Gasteiger partial charge in [0.25, 0.3) is 5.91 Å². The van der Waals surface area contributed by atoms with E-state index in [0.717, 1.165) is 5.70 Å². The monoisotopic (exact) mass is 370 g/mol. The van der Waals surface area contributed by atoms with Crippen LogP contribution in [-0.4, -0.2) is 43.3 Å². The summed E-state index contributed by atoms with van der Waals surface area (Å²) in [6, 6.07) is 8.03. The predicted molar refractivity (Wildman–Crippen MR) is 114 cm³/mol. The smallest absolute Gasteiger partial charge is 0.256 e. The molecular formula is C21H32N5O+. The molecule has 1 rings (SSSR count). The van der Waals surface area contributed by atoms with Crippen LogP contribution in [0.4, 0.5) is 5.69 Å². The second-order valence-electron chi connectivity index (χ2n) is 6.43. The zero-order valence-corrected chi connectivity index (χ0v) is 17.3. The van der Waals surface area contributed by atoms with E-state index in [1.54, 1.807) is 24.3 Å². The number of quaternary nitrogens is 1. The number of azo groups is 1. The Bertz CT molecular complexity index is 712. The molecule has 0 aliphatic heterocycles. The largest absolute Gasteiger partial charge is 0.324 e. The molecule has 0 heterocycles. The summed E-state index contributed by atoms with van der Waals surface area (Å²) in [6.45, 7) is 13.1. The number of hydrogen-bond acceptors (Lipinski definition) is 4. The second-order valence-corrected chi connectivity index (χ2v) is 6.43. The number of rotatable bonds is 8. The van der Waals surface area contributed by atoms with Crippen molar-refractivity contribution in [1.29, 1.82) is 5.41 Å². The number of carbonyl (C=O) groups is 1. The summed E-state index contributed by atoms with van der Waals surface area (Å²) in [6.07, 6.45) is 3.48. The van der Waals surface area contributed by atoms with Gasteiger partial charge in [0.2, 0.25) is 0 Å². The SMILES string of the molecule is C=C/C(=C\C(=C)N=NC(C(C)=N)C(=O)Nc1ccccc1)[N+](C)(C)C.CC. The number of likely N-dealkylation sites (N-methyl/N-ethyl adjacent to an activating group) is 1. The molecule has 0 bridgehead atoms. The van der Waals surface area contributed by atoms with Crippen molar-refractivity contribution in [3.05, 3.63) is 67.0 Å². The van der Waals surface area contributed by atoms with Crippen molar-refractivity contribution in [3.8, 4) is 0 Å². The first-order chi connectivity index (χ1) is 12.6. The molecule has 27 heavy (non-hydrogen) atoms. The molecule has 146 valence electrons. The van der Waals surface area contributed by atoms with E-state index >= 15 is 0 Å². The van der Waals surface area contributed by atoms with Crippen molar-refractivity contribution < 1.29 is 9.28 Å². The van der Waals surface area contributed by atoms with Gasteiger partial charge in [-0.1, -0.05) is 45.2 Å². The highest BCUT2D eigenvalue weighted by Gasteiger charge is 2.20. The summed E-state index contributed by atoms with van der Waals surface area (Å²) < 4.78 is 0.555. The minimum atomic E-state index is -0.998. The van der Waals surface area contributed by atoms with Crippen molar-refractivity contribution in [2.75, 3.05) is 26.5 Å². The van der Waals surface area contributed by atoms with Gasteiger partial charge in [-0.15, -0.1) is 0 Å². The topological polar surface area (TPSA) is 77.7 Å². The van der Waals surface area contributed by atoms with E-state index in [2.05, 4.69) is 28.7 Å². The normalized spacial score (nSPS) is 12.6. The van der Waals surface area contributed by atoms with Crippen LogP contribution in [0.25, 0.3) is 0 Å². The molecule has 0 aliphatic carbocycles. The van der Waals surface area contributed by atoms with E-state index < -0.39 is 11.9 Å². The molecule has 2 N–H and O–H groups in total. The van der Waals surface area contributed by atoms with E-state index in [4.69, 9.17) is 5.41 Å². The standard InChI is InChI=1S/C19H25N5O.C2H6/c1-7-17(24(4,5)6)13-14(2)22-23-18(15(3)20)19(25)21-16-11-9-8-10-12-16;1-2/h7-13,18,20H,1-2H2,3-6H3;1-2H3/p+1/b17-13+,20-15?,23-22?;. The first-order valence-corrected chi connectivity index (χ1v) is 8.82. The van der Waals surface area contributed by atoms with E-state index in [1.165, 1.54) is 6.92 Å². The Balaban J connectivity index is 0.00000326. The van der Waals surface area contributed by atoms with Gasteiger partial charge < -0.3 is 10.7 Å². The minimum absolute atomic E-state index is 0.101. The summed E-state index contributed by atoms with van der Waals surface area (Å²) in [5.41, 5.74) is 2.04. The van der Waals surface area contributed by atoms with Crippen molar-refractivity contribution in [3.63, 3.8) is 0 Å². The molecule has 1 aromatic rings. The fourth-order valence-corrected chi connectivity index (χ4v) is 1.93. The van der Waals surface area contributed by atoms with E-state index in [1.807, 2.05) is 53.2 Å². The van der Waals surface area contributed by atoms with E-state index in [0.29, 0.717) is 15.9 Å². The van der Waals surface area contributed by atoms with Crippen LogP contribution in [0, 0.1) is 5.41 Å². The highest BCUT2D eigenvalue weighted by Crippen LogP contribution is 2.13. The second kappa shape index (κ2) is 11.7. The summed E-state index contributed by atoms with van der Waals surface area (Å²) in [4.78, 5) is 12.3. The average Bonchev–Trinajstić information content (AvgIpc) is 2.61. The Kier molecular flexibility index (Phi) is 10.5. The fraction of sp³-hybridized carbons (Fsp3) is 0.333. The zero-order chi connectivity index (χ0) is 21.0. The molecule has 1 amide bonds. The number of hydrogen-bond donors (Lipinski definition) is 2. The number of benzene rings is 1. The van der Waals surface area contributed by atoms with Crippen LogP contribution in [0.2, 0.25) is 0 Å². The molecule has 0 saturated heterocycles. The third-order valence-corrected chi connectivity index (χ3v) is 3.30. The molecule has 6 heteroatoms. The van der Waals surface area contributed by atoms with Crippen LogP contribution in [-0.2, 0) is 4.79 Å². The molecule has 0 radical (unpaired) electrons. The molecule has 1 atom stereocenters. The van der Waals surface area contributed by atoms with Gasteiger partial charge in [0.15, 0.2) is 6.04 Å². The fourth-order valence-electron chi connectivity index (χ4n) is 1.93. The number of amides is 1. The van der Waals surface area contributed by atoms with E-state index in [-0.39, 0.29) is 5.71 Å². The highest BCUT2D eigenvalue weighted by molar-refractivity contribution is 6.11. The first-order valence-electron chi connectivity index (χ1n) is 8.82. The van der Waals surface area contributed by atoms with Gasteiger partial charge in [-0.25, -0.2) is 0 Å². The Morgan fingerprint density at radius 2 is 1.78 bits per heavy atom. The maximum atomic E-state index is 12.3. The lowest BCUT2D eigenvalue weighted by molar-refractivity contribution is -0.828. The number of carbonyl (C=O) groups excluding carboxylic acids is 1. The number of nitrogens with one attached hydrogen (secondary N) is 2. The van der Waals surface area contributed by atoms with Gasteiger partial charge in [0.05, 0.1) is 26.8 Å². The average molecular weight is 371 g/mol. The van der Waals surface area contributed by atoms with E-state index in [9.17, 15) is 4.79 Å². The van der Waals surface area contributed by atoms with Gasteiger partial charge in [0, 0.05) is 17.5 Å². The molecular weight excluding hydrogens is 338 g/mol. The maximum absolute atomic E-state index is 12.3. The van der Waals surface area contributed by atoms with Gasteiger partial charge in [-0.3, -0.25) is 9.28 Å². The summed E-state index contributed by atoms with van der Waals surface area (Å²) >= 11 is 0. The van der Waals surface area contributed by atoms with Crippen molar-refractivity contribution in [1.82, 2.24) is 0 Å². The number of allylic oxidation sites excluding steroid dienone is 2. The maximum Gasteiger partial charge on any atom is 0.256 e. The first kappa shape index (κ1) is 24.1. The highest BCUT2D eigenvalue weighted by atomic mass is 16.2. The van der Waals surface area contributed by atoms with Crippen LogP contribution in [0.15, 0.2) is 77.3 Å². The van der Waals surface area contributed by atoms with Gasteiger partial charge in [0.1, 0.15) is 5.70 Å². The summed E-state index contributed by atoms with van der Waals surface area (Å²) in [7, 11) is 5.99. The predicted octanol–water partition coefficient (Wildman–Crippen LogP) is 4.80. The minimum Gasteiger partial charge on any atom is -0.324 e. The molecule has 0 spiro atoms. The Labute approximate surface area is 163 Å². The van der Waals surface area contributed by atoms with Crippen LogP contribution in [0.1, 0.15) is 20.8 Å². The Morgan fingerprint density at radius 3 is 2.22 bits per heavy atom. The lowest BCUT2D eigenvalue weighted by Crippen LogP contribution is -2.32. The number of nitrogens with zero attached hydrogens (tertiary/aromatic N) is 3.